The van der Waals surface area contributed by atoms with Gasteiger partial charge in [0.2, 0.25) is 0 Å². The third-order valence-electron chi connectivity index (χ3n) is 1.99. The van der Waals surface area contributed by atoms with Gasteiger partial charge in [0.1, 0.15) is 0 Å². The van der Waals surface area contributed by atoms with Gasteiger partial charge in [-0.3, -0.25) is 0 Å². The Kier molecular flexibility index (Phi) is 2.46. The number of ether oxygens (including phenoxy) is 1. The van der Waals surface area contributed by atoms with Gasteiger partial charge in [-0.15, -0.1) is 6.58 Å². The minimum absolute atomic E-state index is 0.262. The molecular weight excluding hydrogens is 128 g/mol. The van der Waals surface area contributed by atoms with Gasteiger partial charge >= 0.3 is 0 Å². The standard InChI is InChI=1S/C8H14O2/c1-3-6(7(9)4-2)8-5-10-8/h4,6-9H,2-3,5H2,1H3/t6-,7-,8-/m1/s1. The van der Waals surface area contributed by atoms with Crippen LogP contribution in [0.15, 0.2) is 12.7 Å². The summed E-state index contributed by atoms with van der Waals surface area (Å²) in [7, 11) is 0. The molecule has 2 nitrogen and oxygen atoms in total. The Labute approximate surface area is 61.5 Å². The smallest absolute Gasteiger partial charge is 0.0865 e. The molecule has 1 N–H and O–H groups in total. The number of rotatable bonds is 4. The monoisotopic (exact) mass is 142 g/mol. The van der Waals surface area contributed by atoms with E-state index < -0.39 is 6.10 Å². The molecule has 1 aliphatic heterocycles. The van der Waals surface area contributed by atoms with Crippen molar-refractivity contribution in [2.75, 3.05) is 6.61 Å². The minimum atomic E-state index is -0.391. The summed E-state index contributed by atoms with van der Waals surface area (Å²) in [6.07, 6.45) is 2.43. The van der Waals surface area contributed by atoms with Crippen molar-refractivity contribution in [1.82, 2.24) is 0 Å². The van der Waals surface area contributed by atoms with Crippen LogP contribution in [0.3, 0.4) is 0 Å². The maximum atomic E-state index is 9.33. The predicted molar refractivity (Wildman–Crippen MR) is 39.7 cm³/mol. The fraction of sp³-hybridized carbons (Fsp3) is 0.750. The number of aliphatic hydroxyl groups excluding tert-OH is 1. The van der Waals surface area contributed by atoms with E-state index in [1.54, 1.807) is 6.08 Å². The molecule has 1 aliphatic rings. The van der Waals surface area contributed by atoms with E-state index in [0.717, 1.165) is 13.0 Å². The molecule has 0 aromatic heterocycles. The molecule has 1 rings (SSSR count). The second-order valence-electron chi connectivity index (χ2n) is 2.67. The van der Waals surface area contributed by atoms with Crippen molar-refractivity contribution in [3.8, 4) is 0 Å². The molecule has 3 atom stereocenters. The van der Waals surface area contributed by atoms with E-state index >= 15 is 0 Å². The van der Waals surface area contributed by atoms with Crippen LogP contribution in [0.1, 0.15) is 13.3 Å². The van der Waals surface area contributed by atoms with Crippen LogP contribution in [0, 0.1) is 5.92 Å². The maximum Gasteiger partial charge on any atom is 0.0865 e. The lowest BCUT2D eigenvalue weighted by Crippen LogP contribution is -2.22. The molecule has 0 amide bonds. The second kappa shape index (κ2) is 3.17. The Morgan fingerprint density at radius 2 is 2.50 bits per heavy atom. The second-order valence-corrected chi connectivity index (χ2v) is 2.67. The molecule has 0 spiro atoms. The molecule has 0 radical (unpaired) electrons. The molecule has 2 heteroatoms. The van der Waals surface area contributed by atoms with Crippen LogP contribution in [-0.4, -0.2) is 23.9 Å². The lowest BCUT2D eigenvalue weighted by molar-refractivity contribution is 0.126. The molecule has 0 bridgehead atoms. The van der Waals surface area contributed by atoms with E-state index in [1.165, 1.54) is 0 Å². The van der Waals surface area contributed by atoms with Crippen LogP contribution in [-0.2, 0) is 4.74 Å². The minimum Gasteiger partial charge on any atom is -0.389 e. The topological polar surface area (TPSA) is 32.8 Å². The Morgan fingerprint density at radius 1 is 1.90 bits per heavy atom. The first kappa shape index (κ1) is 7.76. The van der Waals surface area contributed by atoms with Gasteiger partial charge in [-0.25, -0.2) is 0 Å². The molecule has 1 saturated heterocycles. The Hall–Kier alpha value is -0.340. The van der Waals surface area contributed by atoms with Crippen molar-refractivity contribution in [1.29, 1.82) is 0 Å². The molecule has 0 aliphatic carbocycles. The normalized spacial score (nSPS) is 29.2. The Bertz CT molecular complexity index is 118. The zero-order chi connectivity index (χ0) is 7.56. The van der Waals surface area contributed by atoms with Crippen LogP contribution < -0.4 is 0 Å². The lowest BCUT2D eigenvalue weighted by Gasteiger charge is -2.14. The third-order valence-corrected chi connectivity index (χ3v) is 1.99. The van der Waals surface area contributed by atoms with Gasteiger partial charge in [-0.2, -0.15) is 0 Å². The number of epoxide rings is 1. The van der Waals surface area contributed by atoms with Gasteiger partial charge in [0.05, 0.1) is 18.8 Å². The van der Waals surface area contributed by atoms with Crippen LogP contribution in [0.25, 0.3) is 0 Å². The van der Waals surface area contributed by atoms with Gasteiger partial charge in [0.25, 0.3) is 0 Å². The van der Waals surface area contributed by atoms with E-state index in [0.29, 0.717) is 0 Å². The summed E-state index contributed by atoms with van der Waals surface area (Å²) in [6, 6.07) is 0. The summed E-state index contributed by atoms with van der Waals surface area (Å²) in [5.74, 6) is 0.262. The molecule has 58 valence electrons. The highest BCUT2D eigenvalue weighted by Crippen LogP contribution is 2.26. The molecule has 0 unspecified atom stereocenters. The first-order valence-corrected chi connectivity index (χ1v) is 3.71. The van der Waals surface area contributed by atoms with Crippen LogP contribution in [0.5, 0.6) is 0 Å². The summed E-state index contributed by atoms with van der Waals surface area (Å²) >= 11 is 0. The molecule has 0 aromatic rings. The van der Waals surface area contributed by atoms with E-state index in [2.05, 4.69) is 13.5 Å². The van der Waals surface area contributed by atoms with Gasteiger partial charge < -0.3 is 9.84 Å². The Morgan fingerprint density at radius 3 is 2.80 bits per heavy atom. The van der Waals surface area contributed by atoms with Crippen LogP contribution in [0.4, 0.5) is 0 Å². The molecule has 0 aromatic carbocycles. The van der Waals surface area contributed by atoms with Crippen molar-refractivity contribution < 1.29 is 9.84 Å². The van der Waals surface area contributed by atoms with Crippen molar-refractivity contribution in [2.24, 2.45) is 5.92 Å². The van der Waals surface area contributed by atoms with E-state index in [1.807, 2.05) is 0 Å². The zero-order valence-electron chi connectivity index (χ0n) is 6.29. The van der Waals surface area contributed by atoms with Gasteiger partial charge in [0.15, 0.2) is 0 Å². The van der Waals surface area contributed by atoms with E-state index in [-0.39, 0.29) is 12.0 Å². The fourth-order valence-electron chi connectivity index (χ4n) is 1.20. The fourth-order valence-corrected chi connectivity index (χ4v) is 1.20. The van der Waals surface area contributed by atoms with E-state index in [9.17, 15) is 5.11 Å². The summed E-state index contributed by atoms with van der Waals surface area (Å²) < 4.78 is 5.08. The quantitative estimate of drug-likeness (QED) is 0.468. The molecule has 0 saturated carbocycles. The Balaban J connectivity index is 2.37. The zero-order valence-corrected chi connectivity index (χ0v) is 6.29. The molecule has 1 heterocycles. The van der Waals surface area contributed by atoms with Crippen molar-refractivity contribution in [2.45, 2.75) is 25.6 Å². The lowest BCUT2D eigenvalue weighted by atomic mass is 9.96. The van der Waals surface area contributed by atoms with Gasteiger partial charge in [-0.1, -0.05) is 13.0 Å². The largest absolute Gasteiger partial charge is 0.389 e. The molecular formula is C8H14O2. The average Bonchev–Trinajstić information content (AvgIpc) is 2.73. The number of hydrogen-bond donors (Lipinski definition) is 1. The van der Waals surface area contributed by atoms with Crippen molar-refractivity contribution in [3.63, 3.8) is 0 Å². The molecule has 10 heavy (non-hydrogen) atoms. The van der Waals surface area contributed by atoms with Crippen molar-refractivity contribution >= 4 is 0 Å². The summed E-state index contributed by atoms with van der Waals surface area (Å²) in [4.78, 5) is 0. The predicted octanol–water partition coefficient (Wildman–Crippen LogP) is 0.958. The highest BCUT2D eigenvalue weighted by atomic mass is 16.6. The number of aliphatic hydroxyl groups is 1. The van der Waals surface area contributed by atoms with Crippen LogP contribution in [0.2, 0.25) is 0 Å². The summed E-state index contributed by atoms with van der Waals surface area (Å²) in [5, 5.41) is 9.33. The molecule has 1 fully saturated rings. The van der Waals surface area contributed by atoms with Gasteiger partial charge in [0, 0.05) is 5.92 Å². The highest BCUT2D eigenvalue weighted by Gasteiger charge is 2.34. The average molecular weight is 142 g/mol. The van der Waals surface area contributed by atoms with E-state index in [4.69, 9.17) is 4.74 Å². The summed E-state index contributed by atoms with van der Waals surface area (Å²) in [6.45, 7) is 6.40. The van der Waals surface area contributed by atoms with Crippen LogP contribution >= 0.6 is 0 Å². The maximum absolute atomic E-state index is 9.33. The first-order chi connectivity index (χ1) is 4.79. The third kappa shape index (κ3) is 1.58. The van der Waals surface area contributed by atoms with Crippen molar-refractivity contribution in [3.05, 3.63) is 12.7 Å². The van der Waals surface area contributed by atoms with Gasteiger partial charge in [-0.05, 0) is 6.42 Å². The SMILES string of the molecule is C=C[C@@H](O)[C@@H](CC)[C@H]1CO1. The highest BCUT2D eigenvalue weighted by molar-refractivity contribution is 4.91. The summed E-state index contributed by atoms with van der Waals surface area (Å²) in [5.41, 5.74) is 0. The first-order valence-electron chi connectivity index (χ1n) is 3.71. The number of hydrogen-bond acceptors (Lipinski definition) is 2.